The van der Waals surface area contributed by atoms with Crippen LogP contribution in [0.2, 0.25) is 0 Å². The standard InChI is InChI=1S/C84H135N13O47/c1-29(2)74(126)95-16-10-13-38(95)71(123)86-21-49(112)93-37(22-98)70(122)94-50(73(125)88-31(4)75(127)97-18-12-15-40(97)76(128)96-17-11-14-39(96)72(124)87-30(3)69(85)121)32(5)134-78-54(92-36(9)107)64(140-80-62(120)68(58(116)46(26-102)136-80)144-84(82(131)132)20-42(109)52(90-34(7)105)66(142-84)56(114)44(111)24-100)59(117)48(138-78)28-133-77-53(91-35(8)106)60(118)63(47(27-103)137-77)139-79-61(119)67(57(115)45(25-101)135-79)143-83(81(129)130)19-41(108)51(89-33(6)104)65(141-83)55(113)43(110)23-99/h29-32,37-48,50-68,77-80,98-103,108-111,113-120H,10-28H2,1-9H3,(H2,85,121)(H,86,123)(H,87,124)(H,88,125)(H,89,104)(H,90,105)(H,91,106)(H,92,107)(H,93,112)(H,94,122)(H,129,130)(H,131,132)/t30?,31?,32?,37?,38?,39?,40?,41-,42-,43-,44-,45?,46?,47?,48?,50?,51-,52-,53+,54+,55-,56-,57+,58+,59+,60?,61+,62+,63-,64?,65?,66?,67?,68?,77-,78+,79+,80+,83+,84+/m1/s1. The lowest BCUT2D eigenvalue weighted by Gasteiger charge is -2.51. The second kappa shape index (κ2) is 51.7. The summed E-state index contributed by atoms with van der Waals surface area (Å²) in [7, 11) is 0. The molecule has 40 atom stereocenters. The van der Waals surface area contributed by atoms with Crippen LogP contribution in [0.25, 0.3) is 0 Å². The smallest absolute Gasteiger partial charge is 0.364 e. The largest absolute Gasteiger partial charge is 0.477 e. The van der Waals surface area contributed by atoms with Gasteiger partial charge in [-0.1, -0.05) is 13.8 Å². The topological polar surface area (TPSA) is 915 Å². The van der Waals surface area contributed by atoms with Crippen LogP contribution in [0.3, 0.4) is 0 Å². The molecule has 0 bridgehead atoms. The fraction of sp³-hybridized carbons (Fsp3) is 0.821. The molecule has 13 amide bonds. The first kappa shape index (κ1) is 118. The van der Waals surface area contributed by atoms with E-state index in [9.17, 15) is 169 Å². The van der Waals surface area contributed by atoms with Crippen molar-refractivity contribution in [1.82, 2.24) is 62.6 Å². The number of carbonyl (C=O) groups excluding carboxylic acids is 13. The Labute approximate surface area is 820 Å². The van der Waals surface area contributed by atoms with E-state index < -0.39 is 398 Å². The maximum absolute atomic E-state index is 15.5. The summed E-state index contributed by atoms with van der Waals surface area (Å²) in [6, 6.07) is -18.8. The lowest BCUT2D eigenvalue weighted by Crippen LogP contribution is -2.71. The number of aliphatic hydroxyl groups is 18. The zero-order valence-corrected chi connectivity index (χ0v) is 79.8. The van der Waals surface area contributed by atoms with E-state index in [-0.39, 0.29) is 51.2 Å². The van der Waals surface area contributed by atoms with Crippen LogP contribution in [-0.2, 0) is 129 Å². The number of carboxylic acids is 2. The number of carbonyl (C=O) groups is 15. The van der Waals surface area contributed by atoms with Gasteiger partial charge in [0.2, 0.25) is 76.8 Å². The number of carboxylic acid groups (broad SMARTS) is 2. The molecule has 31 N–H and O–H groups in total. The van der Waals surface area contributed by atoms with Crippen LogP contribution >= 0.6 is 0 Å². The van der Waals surface area contributed by atoms with Gasteiger partial charge in [-0.3, -0.25) is 62.3 Å². The van der Waals surface area contributed by atoms with Gasteiger partial charge in [0.15, 0.2) is 25.2 Å². The van der Waals surface area contributed by atoms with Gasteiger partial charge in [0.05, 0.1) is 83.2 Å². The van der Waals surface area contributed by atoms with Crippen molar-refractivity contribution in [2.24, 2.45) is 11.7 Å². The lowest BCUT2D eigenvalue weighted by atomic mass is 9.88. The average Bonchev–Trinajstić information content (AvgIpc) is 1.05. The number of ether oxygens (including phenoxy) is 12. The van der Waals surface area contributed by atoms with Gasteiger partial charge in [-0.15, -0.1) is 0 Å². The van der Waals surface area contributed by atoms with Gasteiger partial charge in [0.1, 0.15) is 176 Å². The molecule has 60 heteroatoms. The number of hydrogen-bond acceptors (Lipinski definition) is 45. The van der Waals surface area contributed by atoms with E-state index in [1.54, 1.807) is 13.8 Å². The third-order valence-electron chi connectivity index (χ3n) is 26.1. The quantitative estimate of drug-likeness (QED) is 0.0269. The van der Waals surface area contributed by atoms with Crippen molar-refractivity contribution >= 4 is 88.7 Å². The van der Waals surface area contributed by atoms with Crippen LogP contribution in [0.15, 0.2) is 0 Å². The maximum Gasteiger partial charge on any atom is 0.364 e. The van der Waals surface area contributed by atoms with E-state index in [2.05, 4.69) is 47.9 Å². The molecule has 0 aliphatic carbocycles. The monoisotopic (exact) mass is 2080 g/mol. The Morgan fingerprint density at radius 1 is 0.444 bits per heavy atom. The number of nitrogens with two attached hydrogens (primary N) is 1. The zero-order valence-electron chi connectivity index (χ0n) is 79.8. The van der Waals surface area contributed by atoms with E-state index in [0.717, 1.165) is 46.4 Å². The summed E-state index contributed by atoms with van der Waals surface area (Å²) in [5.41, 5.74) is 5.40. The van der Waals surface area contributed by atoms with E-state index in [0.29, 0.717) is 12.8 Å². The number of likely N-dealkylation sites (tertiary alicyclic amines) is 3. The number of aliphatic carboxylic acids is 2. The Bertz CT molecular complexity index is 4450. The van der Waals surface area contributed by atoms with Crippen LogP contribution < -0.4 is 53.6 Å². The van der Waals surface area contributed by atoms with Crippen LogP contribution in [0, 0.1) is 5.92 Å². The van der Waals surface area contributed by atoms with E-state index in [1.165, 1.54) is 16.7 Å². The van der Waals surface area contributed by atoms with Gasteiger partial charge in [-0.05, 0) is 59.3 Å². The number of hydrogen-bond donors (Lipinski definition) is 30. The SMILES string of the molecule is CC(=O)N[C@H]1C(O[C@@H]2OC(CO)[C@H](O)C(O[C@]3(C(=O)O)C[C@@H](O)[C@@H](NC(C)=O)C([C@H](O)[C@H](O)CO)O3)[C@@H]2O)[C@@H](O)C(CO[C@@H]2OC(CO)[C@@H](O[C@@H]3OC(CO)[C@H](O)C(O[C@]4(C(=O)O)C[C@@H](O)[C@@H](NC(C)=O)C([C@H](O)[C@H](O)CO)O4)[C@@H]3O)C(O)[C@@H]2NC(C)=O)O[C@@H]1OC(C)C(NC(=O)C(CO)NC(=O)CNC(=O)C1CCCN1C(=O)C(C)C)C(=O)NC(C)C(=O)N1CCCC1C(=O)N1CCCC1C(=O)NC(C)C(N)=O. The van der Waals surface area contributed by atoms with Crippen LogP contribution in [0.4, 0.5) is 0 Å². The summed E-state index contributed by atoms with van der Waals surface area (Å²) in [6.07, 6.45) is -64.3. The van der Waals surface area contributed by atoms with Gasteiger partial charge in [0, 0.05) is 66.1 Å². The molecule has 9 saturated heterocycles. The first-order valence-corrected chi connectivity index (χ1v) is 46.7. The third kappa shape index (κ3) is 27.7. The van der Waals surface area contributed by atoms with Gasteiger partial charge >= 0.3 is 11.9 Å². The first-order chi connectivity index (χ1) is 67.7. The number of aliphatic hydroxyl groups excluding tert-OH is 18. The minimum atomic E-state index is -3.45. The molecular formula is C84H135N13O47. The van der Waals surface area contributed by atoms with Crippen molar-refractivity contribution < 1.29 is 231 Å². The van der Waals surface area contributed by atoms with Crippen molar-refractivity contribution in [2.75, 3.05) is 72.4 Å². The number of nitrogens with zero attached hydrogens (tertiary/aromatic N) is 3. The highest BCUT2D eigenvalue weighted by Gasteiger charge is 2.64. The number of amides is 13. The molecule has 18 unspecified atom stereocenters. The van der Waals surface area contributed by atoms with Crippen molar-refractivity contribution in [3.63, 3.8) is 0 Å². The summed E-state index contributed by atoms with van der Waals surface area (Å²) in [6.45, 7) is 0.428. The average molecular weight is 2080 g/mol. The number of primary amides is 1. The van der Waals surface area contributed by atoms with Crippen molar-refractivity contribution in [1.29, 1.82) is 0 Å². The normalized spacial score (nSPS) is 35.9. The summed E-state index contributed by atoms with van der Waals surface area (Å²) < 4.78 is 72.4. The Morgan fingerprint density at radius 3 is 1.33 bits per heavy atom. The van der Waals surface area contributed by atoms with Gasteiger partial charge < -0.3 is 227 Å². The molecule has 0 saturated carbocycles. The predicted molar refractivity (Wildman–Crippen MR) is 466 cm³/mol. The molecule has 9 aliphatic heterocycles. The molecule has 144 heavy (non-hydrogen) atoms. The molecule has 9 aliphatic rings. The van der Waals surface area contributed by atoms with Crippen molar-refractivity contribution in [2.45, 2.75) is 357 Å². The molecule has 0 aromatic heterocycles. The van der Waals surface area contributed by atoms with Gasteiger partial charge in [0.25, 0.3) is 11.6 Å². The third-order valence-corrected chi connectivity index (χ3v) is 26.1. The molecular weight excluding hydrogens is 1940 g/mol. The predicted octanol–water partition coefficient (Wildman–Crippen LogP) is -18.5. The Morgan fingerprint density at radius 2 is 0.875 bits per heavy atom. The molecule has 9 rings (SSSR count). The number of nitrogens with one attached hydrogen (secondary N) is 9. The highest BCUT2D eigenvalue weighted by atomic mass is 16.8. The summed E-state index contributed by atoms with van der Waals surface area (Å²) >= 11 is 0. The minimum absolute atomic E-state index is 0.0125. The second-order valence-electron chi connectivity index (χ2n) is 37.0. The first-order valence-electron chi connectivity index (χ1n) is 46.7. The molecule has 9 fully saturated rings. The molecule has 0 spiro atoms. The highest BCUT2D eigenvalue weighted by molar-refractivity contribution is 5.98. The van der Waals surface area contributed by atoms with E-state index in [4.69, 9.17) is 62.6 Å². The Balaban J connectivity index is 1.09. The molecule has 0 aromatic rings. The van der Waals surface area contributed by atoms with Gasteiger partial charge in [-0.25, -0.2) is 9.59 Å². The minimum Gasteiger partial charge on any atom is -0.477 e. The summed E-state index contributed by atoms with van der Waals surface area (Å²) in [5, 5.41) is 246. The van der Waals surface area contributed by atoms with E-state index in [1.807, 2.05) is 0 Å². The van der Waals surface area contributed by atoms with Crippen LogP contribution in [-0.4, -0.2) is 522 Å². The molecule has 60 nitrogen and oxygen atoms in total. The Kier molecular flexibility index (Phi) is 42.5. The van der Waals surface area contributed by atoms with Crippen LogP contribution in [0.1, 0.15) is 114 Å². The molecule has 818 valence electrons. The zero-order chi connectivity index (χ0) is 107. The number of rotatable bonds is 44. The summed E-state index contributed by atoms with van der Waals surface area (Å²) in [5.74, 6) is -24.3. The molecule has 0 radical (unpaired) electrons. The molecule has 0 aromatic carbocycles. The van der Waals surface area contributed by atoms with E-state index >= 15 is 4.79 Å². The van der Waals surface area contributed by atoms with Gasteiger partial charge in [-0.2, -0.15) is 0 Å². The molecule has 9 heterocycles. The fourth-order valence-corrected chi connectivity index (χ4v) is 18.6. The fourth-order valence-electron chi connectivity index (χ4n) is 18.6. The van der Waals surface area contributed by atoms with Crippen molar-refractivity contribution in [3.05, 3.63) is 0 Å². The Hall–Kier alpha value is -9.15. The second-order valence-corrected chi connectivity index (χ2v) is 37.0. The van der Waals surface area contributed by atoms with Crippen LogP contribution in [0.5, 0.6) is 0 Å². The summed E-state index contributed by atoms with van der Waals surface area (Å²) in [4.78, 5) is 208. The maximum atomic E-state index is 15.5. The lowest BCUT2D eigenvalue weighted by molar-refractivity contribution is -0.385. The highest BCUT2D eigenvalue weighted by Crippen LogP contribution is 2.43. The van der Waals surface area contributed by atoms with Crippen molar-refractivity contribution in [3.8, 4) is 0 Å².